The van der Waals surface area contributed by atoms with Crippen LogP contribution in [0.4, 0.5) is 4.39 Å². The first kappa shape index (κ1) is 18.9. The SMILES string of the molecule is CCC1C(=O)OCc2c1cc1n(c2=O)Cc2c-1nc1cc(F)c(C)c(C)c1c2CN. The molecule has 5 rings (SSSR count). The molecule has 0 spiro atoms. The predicted octanol–water partition coefficient (Wildman–Crippen LogP) is 3.19. The lowest BCUT2D eigenvalue weighted by Crippen LogP contribution is -2.32. The third-order valence-electron chi connectivity index (χ3n) is 6.62. The summed E-state index contributed by atoms with van der Waals surface area (Å²) < 4.78 is 21.4. The molecule has 0 saturated carbocycles. The lowest BCUT2D eigenvalue weighted by atomic mass is 9.90. The van der Waals surface area contributed by atoms with E-state index in [1.807, 2.05) is 19.9 Å². The van der Waals surface area contributed by atoms with E-state index >= 15 is 0 Å². The van der Waals surface area contributed by atoms with E-state index < -0.39 is 5.92 Å². The minimum atomic E-state index is -0.465. The third-order valence-corrected chi connectivity index (χ3v) is 6.62. The number of aromatic nitrogens is 2. The summed E-state index contributed by atoms with van der Waals surface area (Å²) in [6.45, 7) is 6.11. The highest BCUT2D eigenvalue weighted by Gasteiger charge is 2.34. The van der Waals surface area contributed by atoms with Crippen molar-refractivity contribution in [3.63, 3.8) is 0 Å². The smallest absolute Gasteiger partial charge is 0.313 e. The molecular formula is C23H22FN3O3. The maximum atomic E-state index is 14.4. The van der Waals surface area contributed by atoms with Gasteiger partial charge in [-0.25, -0.2) is 9.37 Å². The molecule has 3 aromatic rings. The molecule has 1 unspecified atom stereocenters. The molecule has 0 aliphatic carbocycles. The fourth-order valence-corrected chi connectivity index (χ4v) is 4.85. The zero-order chi connectivity index (χ0) is 21.3. The summed E-state index contributed by atoms with van der Waals surface area (Å²) in [6, 6.07) is 3.32. The maximum absolute atomic E-state index is 14.4. The van der Waals surface area contributed by atoms with E-state index in [0.29, 0.717) is 46.6 Å². The van der Waals surface area contributed by atoms with Crippen molar-refractivity contribution < 1.29 is 13.9 Å². The van der Waals surface area contributed by atoms with Gasteiger partial charge in [-0.2, -0.15) is 0 Å². The monoisotopic (exact) mass is 407 g/mol. The number of hydrogen-bond donors (Lipinski definition) is 1. The van der Waals surface area contributed by atoms with Gasteiger partial charge in [0.2, 0.25) is 0 Å². The summed E-state index contributed by atoms with van der Waals surface area (Å²) in [5, 5.41) is 0.853. The van der Waals surface area contributed by atoms with Crippen LogP contribution in [0.1, 0.15) is 52.6 Å². The van der Waals surface area contributed by atoms with Crippen LogP contribution in [-0.2, 0) is 29.2 Å². The highest BCUT2D eigenvalue weighted by Crippen LogP contribution is 2.39. The fourth-order valence-electron chi connectivity index (χ4n) is 4.85. The molecule has 7 heteroatoms. The Morgan fingerprint density at radius 1 is 1.23 bits per heavy atom. The van der Waals surface area contributed by atoms with Crippen LogP contribution < -0.4 is 11.3 Å². The summed E-state index contributed by atoms with van der Waals surface area (Å²) in [7, 11) is 0. The Bertz CT molecular complexity index is 1330. The van der Waals surface area contributed by atoms with Crippen LogP contribution in [-0.4, -0.2) is 15.5 Å². The Morgan fingerprint density at radius 3 is 2.70 bits per heavy atom. The number of aryl methyl sites for hydroxylation is 1. The van der Waals surface area contributed by atoms with E-state index in [1.165, 1.54) is 6.07 Å². The summed E-state index contributed by atoms with van der Waals surface area (Å²) >= 11 is 0. The largest absolute Gasteiger partial charge is 0.460 e. The molecule has 1 atom stereocenters. The second-order valence-electron chi connectivity index (χ2n) is 8.05. The first-order valence-corrected chi connectivity index (χ1v) is 10.1. The Hall–Kier alpha value is -3.06. The van der Waals surface area contributed by atoms with Gasteiger partial charge in [0, 0.05) is 23.6 Å². The summed E-state index contributed by atoms with van der Waals surface area (Å²) in [6.07, 6.45) is 0.546. The number of ether oxygens (including phenoxy) is 1. The Labute approximate surface area is 172 Å². The van der Waals surface area contributed by atoms with E-state index in [9.17, 15) is 14.0 Å². The molecule has 4 heterocycles. The molecule has 0 bridgehead atoms. The predicted molar refractivity (Wildman–Crippen MR) is 111 cm³/mol. The minimum absolute atomic E-state index is 0.0111. The lowest BCUT2D eigenvalue weighted by Gasteiger charge is -2.24. The molecule has 2 aliphatic rings. The number of rotatable bonds is 2. The zero-order valence-electron chi connectivity index (χ0n) is 17.1. The number of benzene rings is 1. The van der Waals surface area contributed by atoms with Gasteiger partial charge in [0.05, 0.1) is 34.9 Å². The van der Waals surface area contributed by atoms with Crippen molar-refractivity contribution in [1.29, 1.82) is 0 Å². The van der Waals surface area contributed by atoms with Gasteiger partial charge in [0.15, 0.2) is 0 Å². The number of fused-ring (bicyclic) bond motifs is 5. The normalized spacial score (nSPS) is 17.0. The van der Waals surface area contributed by atoms with E-state index in [-0.39, 0.29) is 30.5 Å². The average Bonchev–Trinajstić information content (AvgIpc) is 3.09. The van der Waals surface area contributed by atoms with Crippen LogP contribution in [0.15, 0.2) is 16.9 Å². The number of nitrogens with two attached hydrogens (primary N) is 1. The number of halogens is 1. The second kappa shape index (κ2) is 6.47. The number of carbonyl (C=O) groups is 1. The molecule has 0 fully saturated rings. The van der Waals surface area contributed by atoms with E-state index in [2.05, 4.69) is 0 Å². The van der Waals surface area contributed by atoms with E-state index in [1.54, 1.807) is 11.5 Å². The molecule has 1 aromatic carbocycles. The number of cyclic esters (lactones) is 1. The minimum Gasteiger partial charge on any atom is -0.460 e. The molecule has 0 saturated heterocycles. The molecule has 0 amide bonds. The molecule has 6 nitrogen and oxygen atoms in total. The van der Waals surface area contributed by atoms with Crippen molar-refractivity contribution in [2.24, 2.45) is 5.73 Å². The summed E-state index contributed by atoms with van der Waals surface area (Å²) in [5.41, 5.74) is 12.2. The quantitative estimate of drug-likeness (QED) is 0.516. The van der Waals surface area contributed by atoms with Crippen LogP contribution in [0, 0.1) is 19.7 Å². The van der Waals surface area contributed by atoms with Crippen LogP contribution in [0.2, 0.25) is 0 Å². The zero-order valence-corrected chi connectivity index (χ0v) is 17.1. The van der Waals surface area contributed by atoms with E-state index in [4.69, 9.17) is 15.5 Å². The molecule has 30 heavy (non-hydrogen) atoms. The summed E-state index contributed by atoms with van der Waals surface area (Å²) in [4.78, 5) is 30.2. The second-order valence-corrected chi connectivity index (χ2v) is 8.05. The van der Waals surface area contributed by atoms with Crippen molar-refractivity contribution >= 4 is 16.9 Å². The first-order valence-electron chi connectivity index (χ1n) is 10.1. The van der Waals surface area contributed by atoms with Gasteiger partial charge in [-0.3, -0.25) is 9.59 Å². The van der Waals surface area contributed by atoms with Crippen LogP contribution in [0.25, 0.3) is 22.3 Å². The van der Waals surface area contributed by atoms with Crippen molar-refractivity contribution in [3.8, 4) is 11.4 Å². The Kier molecular flexibility index (Phi) is 4.08. The number of pyridine rings is 2. The highest BCUT2D eigenvalue weighted by molar-refractivity contribution is 5.91. The standard InChI is InChI=1S/C23H22FN3O3/c1-4-12-13-5-19-21-15(8-27(19)22(28)16(13)9-30-23(12)29)14(7-25)20-11(3)10(2)17(24)6-18(20)26-21/h5-6,12H,4,7-9,25H2,1-3H3. The molecule has 2 aromatic heterocycles. The van der Waals surface area contributed by atoms with Gasteiger partial charge >= 0.3 is 5.97 Å². The molecule has 2 aliphatic heterocycles. The lowest BCUT2D eigenvalue weighted by molar-refractivity contribution is -0.148. The molecular weight excluding hydrogens is 385 g/mol. The molecule has 2 N–H and O–H groups in total. The average molecular weight is 407 g/mol. The van der Waals surface area contributed by atoms with Crippen molar-refractivity contribution in [2.45, 2.75) is 52.8 Å². The van der Waals surface area contributed by atoms with Crippen LogP contribution in [0.5, 0.6) is 0 Å². The highest BCUT2D eigenvalue weighted by atomic mass is 19.1. The van der Waals surface area contributed by atoms with Gasteiger partial charge in [-0.1, -0.05) is 6.92 Å². The topological polar surface area (TPSA) is 87.2 Å². The van der Waals surface area contributed by atoms with Gasteiger partial charge in [-0.05, 0) is 48.6 Å². The van der Waals surface area contributed by atoms with Crippen molar-refractivity contribution in [1.82, 2.24) is 9.55 Å². The van der Waals surface area contributed by atoms with Crippen molar-refractivity contribution in [2.75, 3.05) is 0 Å². The van der Waals surface area contributed by atoms with E-state index in [0.717, 1.165) is 22.1 Å². The maximum Gasteiger partial charge on any atom is 0.313 e. The Morgan fingerprint density at radius 2 is 2.00 bits per heavy atom. The summed E-state index contributed by atoms with van der Waals surface area (Å²) in [5.74, 6) is -1.09. The molecule has 0 radical (unpaired) electrons. The van der Waals surface area contributed by atoms with Gasteiger partial charge < -0.3 is 15.0 Å². The number of carbonyl (C=O) groups excluding carboxylic acids is 1. The van der Waals surface area contributed by atoms with Gasteiger partial charge in [-0.15, -0.1) is 0 Å². The van der Waals surface area contributed by atoms with Crippen molar-refractivity contribution in [3.05, 3.63) is 61.7 Å². The van der Waals surface area contributed by atoms with Crippen LogP contribution in [0.3, 0.4) is 0 Å². The number of esters is 1. The van der Waals surface area contributed by atoms with Crippen LogP contribution >= 0.6 is 0 Å². The fraction of sp³-hybridized carbons (Fsp3) is 0.348. The Balaban J connectivity index is 1.84. The van der Waals surface area contributed by atoms with Gasteiger partial charge in [0.25, 0.3) is 5.56 Å². The third kappa shape index (κ3) is 2.35. The molecule has 154 valence electrons. The first-order chi connectivity index (χ1) is 14.4. The number of hydrogen-bond acceptors (Lipinski definition) is 5. The van der Waals surface area contributed by atoms with Gasteiger partial charge in [0.1, 0.15) is 12.4 Å². The number of nitrogens with zero attached hydrogens (tertiary/aromatic N) is 2.